The molecule has 4 aromatic rings. The van der Waals surface area contributed by atoms with Gasteiger partial charge in [0.1, 0.15) is 11.5 Å². The van der Waals surface area contributed by atoms with Gasteiger partial charge >= 0.3 is 0 Å². The Balaban J connectivity index is 1.42. The Hall–Kier alpha value is -4.12. The number of carbonyl (C=O) groups is 1. The zero-order valence-electron chi connectivity index (χ0n) is 18.7. The molecule has 1 aliphatic rings. The van der Waals surface area contributed by atoms with Crippen LogP contribution in [0.15, 0.2) is 71.6 Å². The summed E-state index contributed by atoms with van der Waals surface area (Å²) in [6.45, 7) is 1.99. The van der Waals surface area contributed by atoms with E-state index in [1.165, 1.54) is 51.5 Å². The third-order valence-corrected chi connectivity index (χ3v) is 7.62. The lowest BCUT2D eigenvalue weighted by atomic mass is 10.0. The van der Waals surface area contributed by atoms with Gasteiger partial charge in [0.25, 0.3) is 15.9 Å². The highest BCUT2D eigenvalue weighted by atomic mass is 32.2. The minimum absolute atomic E-state index is 0.0194. The lowest BCUT2D eigenvalue weighted by Gasteiger charge is -2.30. The van der Waals surface area contributed by atoms with Crippen molar-refractivity contribution in [1.29, 1.82) is 0 Å². The van der Waals surface area contributed by atoms with Gasteiger partial charge in [-0.15, -0.1) is 5.10 Å². The van der Waals surface area contributed by atoms with Gasteiger partial charge in [-0.25, -0.2) is 12.8 Å². The molecule has 1 aromatic heterocycles. The predicted octanol–water partition coefficient (Wildman–Crippen LogP) is 3.50. The molecule has 0 fully saturated rings. The van der Waals surface area contributed by atoms with Gasteiger partial charge in [-0.05, 0) is 78.2 Å². The fraction of sp³-hybridized carbons (Fsp3) is 0.167. The van der Waals surface area contributed by atoms with E-state index in [2.05, 4.69) is 20.8 Å². The molecular weight excluding hydrogens is 471 g/mol. The van der Waals surface area contributed by atoms with Crippen LogP contribution in [0.2, 0.25) is 0 Å². The van der Waals surface area contributed by atoms with Crippen molar-refractivity contribution in [3.8, 4) is 5.69 Å². The molecule has 1 N–H and O–H groups in total. The molecule has 0 saturated heterocycles. The van der Waals surface area contributed by atoms with E-state index in [1.807, 2.05) is 18.2 Å². The smallest absolute Gasteiger partial charge is 0.264 e. The molecule has 11 heteroatoms. The Morgan fingerprint density at radius 3 is 2.66 bits per heavy atom. The van der Waals surface area contributed by atoms with Gasteiger partial charge in [-0.3, -0.25) is 9.10 Å². The highest BCUT2D eigenvalue weighted by Gasteiger charge is 2.29. The van der Waals surface area contributed by atoms with Crippen molar-refractivity contribution >= 4 is 27.3 Å². The van der Waals surface area contributed by atoms with Crippen LogP contribution in [0.5, 0.6) is 0 Å². The Morgan fingerprint density at radius 2 is 1.86 bits per heavy atom. The molecule has 0 spiro atoms. The molecule has 178 valence electrons. The van der Waals surface area contributed by atoms with E-state index in [9.17, 15) is 17.6 Å². The van der Waals surface area contributed by atoms with E-state index in [0.29, 0.717) is 30.2 Å². The van der Waals surface area contributed by atoms with Crippen molar-refractivity contribution in [2.75, 3.05) is 16.2 Å². The Bertz CT molecular complexity index is 1540. The highest BCUT2D eigenvalue weighted by molar-refractivity contribution is 7.92. The van der Waals surface area contributed by atoms with Crippen molar-refractivity contribution in [1.82, 2.24) is 20.2 Å². The molecule has 3 aromatic carbocycles. The number of hydrogen-bond acceptors (Lipinski definition) is 6. The monoisotopic (exact) mass is 492 g/mol. The van der Waals surface area contributed by atoms with Crippen LogP contribution in [0.1, 0.15) is 28.2 Å². The van der Waals surface area contributed by atoms with Crippen LogP contribution in [-0.4, -0.2) is 41.1 Å². The van der Waals surface area contributed by atoms with Crippen LogP contribution < -0.4 is 9.62 Å². The van der Waals surface area contributed by atoms with Gasteiger partial charge in [0.05, 0.1) is 10.6 Å². The molecule has 2 heterocycles. The summed E-state index contributed by atoms with van der Waals surface area (Å²) in [6, 6.07) is 17.3. The first-order chi connectivity index (χ1) is 16.8. The molecule has 0 atom stereocenters. The van der Waals surface area contributed by atoms with E-state index in [1.54, 1.807) is 13.0 Å². The second-order valence-electron chi connectivity index (χ2n) is 8.10. The van der Waals surface area contributed by atoms with Crippen molar-refractivity contribution in [2.24, 2.45) is 0 Å². The third kappa shape index (κ3) is 4.26. The Morgan fingerprint density at radius 1 is 1.03 bits per heavy atom. The molecule has 0 aliphatic carbocycles. The summed E-state index contributed by atoms with van der Waals surface area (Å²) < 4.78 is 43.9. The highest BCUT2D eigenvalue weighted by Crippen LogP contribution is 2.32. The summed E-state index contributed by atoms with van der Waals surface area (Å²) in [5.74, 6) is -0.718. The quantitative estimate of drug-likeness (QED) is 0.457. The number of para-hydroxylation sites is 1. The summed E-state index contributed by atoms with van der Waals surface area (Å²) in [7, 11) is -3.87. The molecule has 5 rings (SSSR count). The second kappa shape index (κ2) is 8.91. The van der Waals surface area contributed by atoms with Crippen molar-refractivity contribution < 1.29 is 17.6 Å². The number of hydrogen-bond donors (Lipinski definition) is 1. The predicted molar refractivity (Wildman–Crippen MR) is 128 cm³/mol. The number of fused-ring (bicyclic) bond motifs is 1. The summed E-state index contributed by atoms with van der Waals surface area (Å²) in [5.41, 5.74) is 2.16. The van der Waals surface area contributed by atoms with E-state index >= 15 is 0 Å². The number of tetrazole rings is 1. The van der Waals surface area contributed by atoms with Crippen LogP contribution in [-0.2, 0) is 16.4 Å². The largest absolute Gasteiger partial charge is 0.322 e. The van der Waals surface area contributed by atoms with E-state index < -0.39 is 21.7 Å². The maximum absolute atomic E-state index is 14.3. The molecule has 35 heavy (non-hydrogen) atoms. The van der Waals surface area contributed by atoms with Crippen molar-refractivity contribution in [3.63, 3.8) is 0 Å². The summed E-state index contributed by atoms with van der Waals surface area (Å²) in [6.07, 6.45) is 1.53. The number of halogens is 1. The van der Waals surface area contributed by atoms with Crippen LogP contribution in [0, 0.1) is 12.7 Å². The molecule has 0 radical (unpaired) electrons. The molecule has 9 nitrogen and oxygen atoms in total. The van der Waals surface area contributed by atoms with Crippen LogP contribution in [0.25, 0.3) is 5.69 Å². The van der Waals surface area contributed by atoms with Gasteiger partial charge in [-0.2, -0.15) is 4.68 Å². The minimum Gasteiger partial charge on any atom is -0.322 e. The van der Waals surface area contributed by atoms with Gasteiger partial charge in [0, 0.05) is 17.8 Å². The number of anilines is 2. The van der Waals surface area contributed by atoms with Gasteiger partial charge in [0.15, 0.2) is 5.82 Å². The van der Waals surface area contributed by atoms with E-state index in [4.69, 9.17) is 0 Å². The average Bonchev–Trinajstić information content (AvgIpc) is 3.30. The molecule has 0 unspecified atom stereocenters. The fourth-order valence-electron chi connectivity index (χ4n) is 4.08. The number of sulfonamides is 1. The number of aromatic nitrogens is 4. The number of rotatable bonds is 5. The minimum atomic E-state index is -3.87. The van der Waals surface area contributed by atoms with Crippen LogP contribution >= 0.6 is 0 Å². The molecule has 1 amide bonds. The first kappa shape index (κ1) is 22.7. The molecule has 1 aliphatic heterocycles. The Kier molecular flexibility index (Phi) is 5.77. The fourth-order valence-corrected chi connectivity index (χ4v) is 5.67. The van der Waals surface area contributed by atoms with E-state index in [-0.39, 0.29) is 16.1 Å². The summed E-state index contributed by atoms with van der Waals surface area (Å²) in [4.78, 5) is 13.0. The number of nitrogens with one attached hydrogen (secondary N) is 1. The van der Waals surface area contributed by atoms with Gasteiger partial charge in [-0.1, -0.05) is 24.3 Å². The van der Waals surface area contributed by atoms with Crippen molar-refractivity contribution in [2.45, 2.75) is 24.7 Å². The second-order valence-corrected chi connectivity index (χ2v) is 9.96. The third-order valence-electron chi connectivity index (χ3n) is 5.81. The normalized spacial score (nSPS) is 13.4. The molecule has 0 bridgehead atoms. The number of benzene rings is 3. The first-order valence-electron chi connectivity index (χ1n) is 10.9. The summed E-state index contributed by atoms with van der Waals surface area (Å²) >= 11 is 0. The summed E-state index contributed by atoms with van der Waals surface area (Å²) in [5, 5.41) is 13.7. The van der Waals surface area contributed by atoms with Gasteiger partial charge < -0.3 is 5.32 Å². The zero-order chi connectivity index (χ0) is 24.6. The standard InChI is InChI=1S/C24H21FN6O3S/c1-16-27-28-29-31(16)23-15-19(11-12-21(23)25)26-24(32)18-7-4-9-20(14-18)35(33,34)30-13-5-8-17-6-2-3-10-22(17)30/h2-4,6-7,9-12,14-15H,5,8,13H2,1H3,(H,26,32). The average molecular weight is 493 g/mol. The number of carbonyl (C=O) groups excluding carboxylic acids is 1. The van der Waals surface area contributed by atoms with Crippen molar-refractivity contribution in [3.05, 3.63) is 89.5 Å². The van der Waals surface area contributed by atoms with Crippen LogP contribution in [0.3, 0.4) is 0 Å². The SMILES string of the molecule is Cc1nnnn1-c1cc(NC(=O)c2cccc(S(=O)(=O)N3CCCc4ccccc43)c2)ccc1F. The molecular formula is C24H21FN6O3S. The maximum Gasteiger partial charge on any atom is 0.264 e. The van der Waals surface area contributed by atoms with Gasteiger partial charge in [0.2, 0.25) is 0 Å². The molecule has 0 saturated carbocycles. The number of nitrogens with zero attached hydrogens (tertiary/aromatic N) is 5. The lowest BCUT2D eigenvalue weighted by molar-refractivity contribution is 0.102. The number of amides is 1. The van der Waals surface area contributed by atoms with Crippen LogP contribution in [0.4, 0.5) is 15.8 Å². The Labute approximate surface area is 201 Å². The van der Waals surface area contributed by atoms with E-state index in [0.717, 1.165) is 12.0 Å². The zero-order valence-corrected chi connectivity index (χ0v) is 19.5. The maximum atomic E-state index is 14.3. The lowest BCUT2D eigenvalue weighted by Crippen LogP contribution is -2.35. The first-order valence-corrected chi connectivity index (χ1v) is 12.4. The number of aryl methyl sites for hydroxylation is 2. The topological polar surface area (TPSA) is 110 Å².